The quantitative estimate of drug-likeness (QED) is 0.104. The molecule has 0 saturated carbocycles. The lowest BCUT2D eigenvalue weighted by atomic mass is 11.9. The van der Waals surface area contributed by atoms with Crippen LogP contribution in [-0.4, -0.2) is 146 Å². The van der Waals surface area contributed by atoms with Crippen molar-refractivity contribution in [2.75, 3.05) is 0 Å². The van der Waals surface area contributed by atoms with Gasteiger partial charge in [-0.05, 0) is 45.8 Å². The molecule has 0 heterocycles. The molecule has 1 atom stereocenters. The molecule has 0 aliphatic heterocycles. The van der Waals surface area contributed by atoms with Crippen LogP contribution in [0.15, 0.2) is 0 Å². The summed E-state index contributed by atoms with van der Waals surface area (Å²) in [6, 6.07) is 0. The molecule has 0 aliphatic carbocycles. The first-order chi connectivity index (χ1) is 18.2. The molecule has 40 heavy (non-hydrogen) atoms. The Bertz CT molecular complexity index is 1200. The normalized spacial score (nSPS) is 11.9. The second-order valence-electron chi connectivity index (χ2n) is 8.79. The largest absolute Gasteiger partial charge is 0.456 e. The maximum Gasteiger partial charge on any atom is 0.381 e. The maximum absolute atomic E-state index is 12.7. The summed E-state index contributed by atoms with van der Waals surface area (Å²) in [6.45, 7) is 11.5. The van der Waals surface area contributed by atoms with Crippen LogP contribution < -0.4 is 0 Å². The molecule has 0 saturated heterocycles. The molecular weight excluding hydrogens is 830 g/mol. The highest BCUT2D eigenvalue weighted by molar-refractivity contribution is 7.76. The second-order valence-corrected chi connectivity index (χ2v) is 87.0. The lowest BCUT2D eigenvalue weighted by Crippen LogP contribution is -2.57. The Morgan fingerprint density at radius 3 is 1.30 bits per heavy atom. The third kappa shape index (κ3) is 13.2. The van der Waals surface area contributed by atoms with E-state index in [1.807, 2.05) is 0 Å². The van der Waals surface area contributed by atoms with Gasteiger partial charge < -0.3 is 65.9 Å². The van der Waals surface area contributed by atoms with Gasteiger partial charge in [-0.2, -0.15) is 0 Å². The van der Waals surface area contributed by atoms with Crippen molar-refractivity contribution >= 4 is 146 Å². The number of hydrogen-bond donors (Lipinski definition) is 0. The molecule has 0 aliphatic rings. The monoisotopic (exact) mass is 852 g/mol. The average molecular weight is 854 g/mol. The van der Waals surface area contributed by atoms with Crippen molar-refractivity contribution in [3.63, 3.8) is 0 Å². The zero-order valence-corrected chi connectivity index (χ0v) is 40.8. The van der Waals surface area contributed by atoms with E-state index in [1.54, 1.807) is 26.2 Å². The molecule has 0 fully saturated rings. The van der Waals surface area contributed by atoms with Crippen molar-refractivity contribution in [1.82, 2.24) is 0 Å². The summed E-state index contributed by atoms with van der Waals surface area (Å²) in [5, 5.41) is 0. The first kappa shape index (κ1) is 41.4. The zero-order valence-electron chi connectivity index (χ0n) is 22.4. The van der Waals surface area contributed by atoms with E-state index < -0.39 is 146 Å². The SMILES string of the molecule is C[SiH](C)O[Si][Si](=O)[Si](=O)[Si](=O)[Si](=O)[Si](=O)[SiH](C)O[Si][Si](=O)[Si](=O)[Si](=O)[Si](=O)[Si](=O)[Si](=O)[Si](=O)[Si](C)(C)O[SiH](C)C. The van der Waals surface area contributed by atoms with Crippen LogP contribution >= 0.6 is 0 Å². The Morgan fingerprint density at radius 2 is 0.875 bits per heavy atom. The van der Waals surface area contributed by atoms with Gasteiger partial charge in [0.1, 0.15) is 0 Å². The highest BCUT2D eigenvalue weighted by atomic mass is 30.0. The predicted molar refractivity (Wildman–Crippen MR) is 160 cm³/mol. The summed E-state index contributed by atoms with van der Waals surface area (Å²) in [4.78, 5) is 0. The molecule has 0 N–H and O–H groups in total. The molecule has 0 bridgehead atoms. The van der Waals surface area contributed by atoms with Crippen LogP contribution in [0.3, 0.4) is 0 Å². The fourth-order valence-corrected chi connectivity index (χ4v) is 158. The van der Waals surface area contributed by atoms with E-state index >= 15 is 0 Å². The Morgan fingerprint density at radius 1 is 0.500 bits per heavy atom. The maximum atomic E-state index is 12.7. The standard InChI is InChI=1S/C7H24O15Si18/c1-25(2)20-23-28(8)31(11)34(14)33(13)30(10)27(5)21-24-29(9)32(12)35(15)36(16)37(17)38(18)39(19)40(6,7)22-26(3)4/h25-27H,1-7H3. The van der Waals surface area contributed by atoms with Crippen molar-refractivity contribution in [3.8, 4) is 0 Å². The highest BCUT2D eigenvalue weighted by Crippen LogP contribution is 2.07. The summed E-state index contributed by atoms with van der Waals surface area (Å²) in [6.07, 6.45) is 0. The lowest BCUT2D eigenvalue weighted by Gasteiger charge is -2.21. The van der Waals surface area contributed by atoms with Crippen LogP contribution in [0.4, 0.5) is 0 Å². The van der Waals surface area contributed by atoms with Crippen molar-refractivity contribution < 1.29 is 65.9 Å². The minimum Gasteiger partial charge on any atom is -0.456 e. The Kier molecular flexibility index (Phi) is 19.7. The first-order valence-electron chi connectivity index (χ1n) is 11.2. The van der Waals surface area contributed by atoms with Gasteiger partial charge in [-0.25, -0.2) is 0 Å². The van der Waals surface area contributed by atoms with Gasteiger partial charge >= 0.3 is 92.6 Å². The molecule has 0 spiro atoms. The Labute approximate surface area is 255 Å². The van der Waals surface area contributed by atoms with Crippen molar-refractivity contribution in [1.29, 1.82) is 0 Å². The molecule has 0 amide bonds. The van der Waals surface area contributed by atoms with Gasteiger partial charge in [0.2, 0.25) is 16.4 Å². The Balaban J connectivity index is 5.18. The van der Waals surface area contributed by atoms with Gasteiger partial charge in [-0.15, -0.1) is 0 Å². The summed E-state index contributed by atoms with van der Waals surface area (Å²) >= 11 is 0. The number of hydrogen-bond acceptors (Lipinski definition) is 15. The van der Waals surface area contributed by atoms with Crippen LogP contribution in [0.5, 0.6) is 0 Å². The molecule has 214 valence electrons. The Hall–Kier alpha value is 1.38. The van der Waals surface area contributed by atoms with Gasteiger partial charge in [-0.1, -0.05) is 0 Å². The molecule has 33 heteroatoms. The zero-order chi connectivity index (χ0) is 31.7. The van der Waals surface area contributed by atoms with Gasteiger partial charge in [0, 0.05) is 0 Å². The number of rotatable bonds is 20. The molecule has 1 unspecified atom stereocenters. The van der Waals surface area contributed by atoms with E-state index in [0.717, 1.165) is 0 Å². The van der Waals surface area contributed by atoms with Gasteiger partial charge in [-0.3, -0.25) is 0 Å². The summed E-state index contributed by atoms with van der Waals surface area (Å²) in [5.41, 5.74) is 0. The van der Waals surface area contributed by atoms with E-state index in [2.05, 4.69) is 0 Å². The fraction of sp³-hybridized carbons (Fsp3) is 1.00. The van der Waals surface area contributed by atoms with Crippen LogP contribution in [0.1, 0.15) is 0 Å². The van der Waals surface area contributed by atoms with E-state index in [-0.39, 0.29) is 0 Å². The van der Waals surface area contributed by atoms with Crippen molar-refractivity contribution in [3.05, 3.63) is 0 Å². The van der Waals surface area contributed by atoms with Crippen molar-refractivity contribution in [2.45, 2.75) is 45.8 Å². The minimum absolute atomic E-state index is 0.621. The van der Waals surface area contributed by atoms with E-state index in [1.165, 1.54) is 19.6 Å². The van der Waals surface area contributed by atoms with E-state index in [0.29, 0.717) is 0 Å². The van der Waals surface area contributed by atoms with E-state index in [9.17, 15) is 53.5 Å². The third-order valence-corrected chi connectivity index (χ3v) is 118. The van der Waals surface area contributed by atoms with Crippen molar-refractivity contribution in [2.24, 2.45) is 0 Å². The molecular formula is C7H24O15Si18. The minimum atomic E-state index is -3.73. The topological polar surface area (TPSA) is 233 Å². The second kappa shape index (κ2) is 19.0. The van der Waals surface area contributed by atoms with Crippen LogP contribution in [0.2, 0.25) is 45.8 Å². The molecule has 0 aromatic heterocycles. The van der Waals surface area contributed by atoms with Crippen LogP contribution in [0, 0.1) is 0 Å². The summed E-state index contributed by atoms with van der Waals surface area (Å²) < 4.78 is 166. The van der Waals surface area contributed by atoms with Crippen LogP contribution in [0.25, 0.3) is 0 Å². The smallest absolute Gasteiger partial charge is 0.381 e. The van der Waals surface area contributed by atoms with Gasteiger partial charge in [0.25, 0.3) is 18.6 Å². The fourth-order valence-electron chi connectivity index (χ4n) is 2.39. The molecule has 15 nitrogen and oxygen atoms in total. The van der Waals surface area contributed by atoms with Gasteiger partial charge in [0.15, 0.2) is 18.1 Å². The molecule has 0 rings (SSSR count). The van der Waals surface area contributed by atoms with E-state index in [4.69, 9.17) is 12.3 Å². The predicted octanol–water partition coefficient (Wildman–Crippen LogP) is -5.20. The molecule has 4 radical (unpaired) electrons. The lowest BCUT2D eigenvalue weighted by molar-refractivity contribution is 0.533. The highest BCUT2D eigenvalue weighted by Gasteiger charge is 2.52. The van der Waals surface area contributed by atoms with Gasteiger partial charge in [0.05, 0.1) is 0 Å². The first-order valence-corrected chi connectivity index (χ1v) is 54.8. The third-order valence-electron chi connectivity index (χ3n) is 4.24. The van der Waals surface area contributed by atoms with Crippen LogP contribution in [-0.2, 0) is 65.9 Å². The average Bonchev–Trinajstić information content (AvgIpc) is 2.88. The summed E-state index contributed by atoms with van der Waals surface area (Å²) in [5.74, 6) is 0. The summed E-state index contributed by atoms with van der Waals surface area (Å²) in [7, 11) is -51.8. The molecule has 0 aromatic rings. The molecule has 0 aromatic carbocycles.